The fourth-order valence-electron chi connectivity index (χ4n) is 2.92. The Kier molecular flexibility index (Phi) is 2.07. The van der Waals surface area contributed by atoms with Gasteiger partial charge in [-0.1, -0.05) is 0 Å². The molecule has 2 bridgehead atoms. The molecule has 2 nitrogen and oxygen atoms in total. The number of hydrogen-bond donors (Lipinski definition) is 1. The summed E-state index contributed by atoms with van der Waals surface area (Å²) in [5, 5.41) is 0.942. The highest BCUT2D eigenvalue weighted by molar-refractivity contribution is 8.00. The third kappa shape index (κ3) is 1.41. The Balaban J connectivity index is 1.69. The molecule has 2 N–H and O–H groups in total. The predicted octanol–water partition coefficient (Wildman–Crippen LogP) is 0.913. The SMILES string of the molecule is NCC(C1CC1)N1CC2CC1CS2. The highest BCUT2D eigenvalue weighted by atomic mass is 32.2. The Labute approximate surface area is 84.2 Å². The molecule has 3 heteroatoms. The maximum absolute atomic E-state index is 5.88. The second-order valence-electron chi connectivity index (χ2n) is 4.68. The molecule has 0 spiro atoms. The van der Waals surface area contributed by atoms with Crippen molar-refractivity contribution in [2.24, 2.45) is 11.7 Å². The summed E-state index contributed by atoms with van der Waals surface area (Å²) in [6, 6.07) is 1.61. The number of thioether (sulfide) groups is 1. The van der Waals surface area contributed by atoms with E-state index in [4.69, 9.17) is 5.73 Å². The van der Waals surface area contributed by atoms with E-state index in [9.17, 15) is 0 Å². The van der Waals surface area contributed by atoms with Crippen LogP contribution in [0.1, 0.15) is 19.3 Å². The van der Waals surface area contributed by atoms with E-state index in [1.165, 1.54) is 31.6 Å². The number of likely N-dealkylation sites (tertiary alicyclic amines) is 1. The second-order valence-corrected chi connectivity index (χ2v) is 6.02. The topological polar surface area (TPSA) is 29.3 Å². The molecule has 0 aromatic heterocycles. The Hall–Kier alpha value is 0.270. The van der Waals surface area contributed by atoms with Crippen LogP contribution in [0.15, 0.2) is 0 Å². The van der Waals surface area contributed by atoms with Crippen LogP contribution >= 0.6 is 11.8 Å². The van der Waals surface area contributed by atoms with E-state index in [1.54, 1.807) is 0 Å². The van der Waals surface area contributed by atoms with Crippen molar-refractivity contribution in [2.75, 3.05) is 18.8 Å². The second kappa shape index (κ2) is 3.14. The van der Waals surface area contributed by atoms with Crippen LogP contribution in [0.2, 0.25) is 0 Å². The van der Waals surface area contributed by atoms with Crippen molar-refractivity contribution in [3.05, 3.63) is 0 Å². The summed E-state index contributed by atoms with van der Waals surface area (Å²) in [6.07, 6.45) is 4.31. The van der Waals surface area contributed by atoms with Crippen molar-refractivity contribution in [3.8, 4) is 0 Å². The van der Waals surface area contributed by atoms with Crippen LogP contribution < -0.4 is 5.73 Å². The van der Waals surface area contributed by atoms with Crippen molar-refractivity contribution in [1.29, 1.82) is 0 Å². The van der Waals surface area contributed by atoms with Crippen LogP contribution in [0.4, 0.5) is 0 Å². The summed E-state index contributed by atoms with van der Waals surface area (Å²) < 4.78 is 0. The lowest BCUT2D eigenvalue weighted by atomic mass is 10.1. The first-order chi connectivity index (χ1) is 6.38. The van der Waals surface area contributed by atoms with Crippen molar-refractivity contribution >= 4 is 11.8 Å². The van der Waals surface area contributed by atoms with Crippen LogP contribution in [-0.4, -0.2) is 41.1 Å². The summed E-state index contributed by atoms with van der Waals surface area (Å²) in [6.45, 7) is 2.21. The molecule has 3 atom stereocenters. The number of fused-ring (bicyclic) bond motifs is 2. The van der Waals surface area contributed by atoms with Gasteiger partial charge < -0.3 is 5.73 Å². The summed E-state index contributed by atoms with van der Waals surface area (Å²) >= 11 is 2.17. The van der Waals surface area contributed by atoms with Gasteiger partial charge in [0, 0.05) is 36.2 Å². The van der Waals surface area contributed by atoms with E-state index < -0.39 is 0 Å². The fourth-order valence-corrected chi connectivity index (χ4v) is 4.37. The molecule has 1 saturated carbocycles. The molecule has 0 amide bonds. The Morgan fingerprint density at radius 3 is 2.77 bits per heavy atom. The first-order valence-electron chi connectivity index (χ1n) is 5.46. The first-order valence-corrected chi connectivity index (χ1v) is 6.51. The molecular weight excluding hydrogens is 180 g/mol. The lowest BCUT2D eigenvalue weighted by molar-refractivity contribution is 0.175. The van der Waals surface area contributed by atoms with Crippen molar-refractivity contribution in [1.82, 2.24) is 4.90 Å². The van der Waals surface area contributed by atoms with Gasteiger partial charge in [-0.05, 0) is 25.2 Å². The molecule has 0 aromatic rings. The summed E-state index contributed by atoms with van der Waals surface area (Å²) in [5.74, 6) is 2.32. The summed E-state index contributed by atoms with van der Waals surface area (Å²) in [5.41, 5.74) is 5.88. The third-order valence-corrected chi connectivity index (χ3v) is 5.17. The monoisotopic (exact) mass is 198 g/mol. The normalized spacial score (nSPS) is 41.3. The van der Waals surface area contributed by atoms with Gasteiger partial charge in [-0.25, -0.2) is 0 Å². The molecule has 2 aliphatic heterocycles. The average Bonchev–Trinajstić information content (AvgIpc) is 2.77. The number of rotatable bonds is 3. The molecule has 0 aromatic carbocycles. The van der Waals surface area contributed by atoms with E-state index in [2.05, 4.69) is 16.7 Å². The number of nitrogens with zero attached hydrogens (tertiary/aromatic N) is 1. The lowest BCUT2D eigenvalue weighted by Gasteiger charge is -2.34. The van der Waals surface area contributed by atoms with Crippen LogP contribution in [0, 0.1) is 5.92 Å². The van der Waals surface area contributed by atoms with Crippen LogP contribution in [0.5, 0.6) is 0 Å². The minimum absolute atomic E-state index is 0.732. The summed E-state index contributed by atoms with van der Waals surface area (Å²) in [7, 11) is 0. The van der Waals surface area contributed by atoms with Gasteiger partial charge in [0.15, 0.2) is 0 Å². The van der Waals surface area contributed by atoms with E-state index >= 15 is 0 Å². The predicted molar refractivity (Wildman–Crippen MR) is 56.9 cm³/mol. The zero-order valence-corrected chi connectivity index (χ0v) is 8.80. The van der Waals surface area contributed by atoms with Gasteiger partial charge in [0.2, 0.25) is 0 Å². The largest absolute Gasteiger partial charge is 0.329 e. The Morgan fingerprint density at radius 2 is 2.31 bits per heavy atom. The van der Waals surface area contributed by atoms with Gasteiger partial charge in [0.25, 0.3) is 0 Å². The van der Waals surface area contributed by atoms with Crippen LogP contribution in [-0.2, 0) is 0 Å². The average molecular weight is 198 g/mol. The standard InChI is InChI=1S/C10H18N2S/c11-4-10(7-1-2-7)12-5-9-3-8(12)6-13-9/h7-10H,1-6,11H2. The van der Waals surface area contributed by atoms with E-state index in [-0.39, 0.29) is 0 Å². The Bertz CT molecular complexity index is 205. The molecule has 3 unspecified atom stereocenters. The molecule has 1 aliphatic carbocycles. The maximum Gasteiger partial charge on any atom is 0.0250 e. The lowest BCUT2D eigenvalue weighted by Crippen LogP contribution is -2.47. The fraction of sp³-hybridized carbons (Fsp3) is 1.00. The van der Waals surface area contributed by atoms with Crippen molar-refractivity contribution < 1.29 is 0 Å². The molecule has 74 valence electrons. The smallest absolute Gasteiger partial charge is 0.0250 e. The minimum Gasteiger partial charge on any atom is -0.329 e. The van der Waals surface area contributed by atoms with Crippen molar-refractivity contribution in [3.63, 3.8) is 0 Å². The molecule has 3 fully saturated rings. The molecule has 2 heterocycles. The number of nitrogens with two attached hydrogens (primary N) is 1. The molecule has 3 aliphatic rings. The van der Waals surface area contributed by atoms with Crippen LogP contribution in [0.25, 0.3) is 0 Å². The first kappa shape index (κ1) is 8.57. The zero-order valence-electron chi connectivity index (χ0n) is 7.98. The van der Waals surface area contributed by atoms with Gasteiger partial charge in [-0.2, -0.15) is 11.8 Å². The molecule has 3 rings (SSSR count). The summed E-state index contributed by atoms with van der Waals surface area (Å²) in [4.78, 5) is 2.72. The van der Waals surface area contributed by atoms with Gasteiger partial charge in [-0.3, -0.25) is 4.90 Å². The van der Waals surface area contributed by atoms with Crippen molar-refractivity contribution in [2.45, 2.75) is 36.6 Å². The minimum atomic E-state index is 0.732. The van der Waals surface area contributed by atoms with Gasteiger partial charge >= 0.3 is 0 Å². The molecule has 13 heavy (non-hydrogen) atoms. The molecule has 2 saturated heterocycles. The van der Waals surface area contributed by atoms with E-state index in [0.29, 0.717) is 0 Å². The van der Waals surface area contributed by atoms with Gasteiger partial charge in [-0.15, -0.1) is 0 Å². The quantitative estimate of drug-likeness (QED) is 0.731. The van der Waals surface area contributed by atoms with Gasteiger partial charge in [0.1, 0.15) is 0 Å². The molecule has 0 radical (unpaired) electrons. The zero-order chi connectivity index (χ0) is 8.84. The van der Waals surface area contributed by atoms with E-state index in [0.717, 1.165) is 29.8 Å². The van der Waals surface area contributed by atoms with Crippen LogP contribution in [0.3, 0.4) is 0 Å². The van der Waals surface area contributed by atoms with E-state index in [1.807, 2.05) is 0 Å². The Morgan fingerprint density at radius 1 is 1.46 bits per heavy atom. The molecular formula is C10H18N2S. The number of hydrogen-bond acceptors (Lipinski definition) is 3. The highest BCUT2D eigenvalue weighted by Crippen LogP contribution is 2.43. The van der Waals surface area contributed by atoms with Gasteiger partial charge in [0.05, 0.1) is 0 Å². The maximum atomic E-state index is 5.88. The highest BCUT2D eigenvalue weighted by Gasteiger charge is 2.45. The third-order valence-electron chi connectivity index (χ3n) is 3.78.